The van der Waals surface area contributed by atoms with Gasteiger partial charge in [-0.25, -0.2) is 8.78 Å². The number of benzene rings is 2. The summed E-state index contributed by atoms with van der Waals surface area (Å²) in [5, 5.41) is 12.2. The number of carbonyl (C=O) groups excluding carboxylic acids is 1. The van der Waals surface area contributed by atoms with Crippen molar-refractivity contribution < 1.29 is 13.6 Å². The van der Waals surface area contributed by atoms with E-state index in [0.29, 0.717) is 11.7 Å². The van der Waals surface area contributed by atoms with Gasteiger partial charge in [0.15, 0.2) is 11.0 Å². The Morgan fingerprint density at radius 3 is 2.30 bits per heavy atom. The highest BCUT2D eigenvalue weighted by atomic mass is 32.2. The predicted octanol–water partition coefficient (Wildman–Crippen LogP) is 4.50. The summed E-state index contributed by atoms with van der Waals surface area (Å²) in [4.78, 5) is 14.9. The van der Waals surface area contributed by atoms with E-state index in [2.05, 4.69) is 20.4 Å². The maximum atomic E-state index is 13.5. The van der Waals surface area contributed by atoms with E-state index in [0.717, 1.165) is 30.2 Å². The van der Waals surface area contributed by atoms with E-state index in [-0.39, 0.29) is 29.3 Å². The molecule has 33 heavy (non-hydrogen) atoms. The zero-order chi connectivity index (χ0) is 23.2. The minimum Gasteiger partial charge on any atom is -0.349 e. The third kappa shape index (κ3) is 6.17. The summed E-state index contributed by atoms with van der Waals surface area (Å²) in [6.07, 6.45) is 3.57. The first-order chi connectivity index (χ1) is 16.0. The first-order valence-electron chi connectivity index (χ1n) is 11.1. The highest BCUT2D eigenvalue weighted by Crippen LogP contribution is 2.24. The second kappa shape index (κ2) is 10.9. The minimum atomic E-state index is -0.312. The van der Waals surface area contributed by atoms with Crippen LogP contribution >= 0.6 is 11.8 Å². The Morgan fingerprint density at radius 1 is 1.00 bits per heavy atom. The highest BCUT2D eigenvalue weighted by molar-refractivity contribution is 7.99. The van der Waals surface area contributed by atoms with E-state index < -0.39 is 0 Å². The third-order valence-electron chi connectivity index (χ3n) is 5.68. The Bertz CT molecular complexity index is 1070. The molecule has 0 aliphatic carbocycles. The number of rotatable bonds is 8. The number of likely N-dealkylation sites (tertiary alicyclic amines) is 1. The molecular formula is C24H27F2N5OS. The Labute approximate surface area is 196 Å². The summed E-state index contributed by atoms with van der Waals surface area (Å²) in [7, 11) is 0. The average Bonchev–Trinajstić information content (AvgIpc) is 3.21. The lowest BCUT2D eigenvalue weighted by molar-refractivity contribution is -0.119. The van der Waals surface area contributed by atoms with Crippen molar-refractivity contribution in [3.63, 3.8) is 0 Å². The van der Waals surface area contributed by atoms with Crippen LogP contribution in [0.3, 0.4) is 0 Å². The van der Waals surface area contributed by atoms with Crippen LogP contribution in [0.2, 0.25) is 0 Å². The molecule has 3 aromatic rings. The molecule has 0 saturated carbocycles. The van der Waals surface area contributed by atoms with E-state index in [9.17, 15) is 13.6 Å². The van der Waals surface area contributed by atoms with Crippen molar-refractivity contribution in [1.82, 2.24) is 25.0 Å². The summed E-state index contributed by atoms with van der Waals surface area (Å²) >= 11 is 1.28. The fourth-order valence-electron chi connectivity index (χ4n) is 3.91. The molecule has 9 heteroatoms. The van der Waals surface area contributed by atoms with Crippen molar-refractivity contribution in [2.75, 3.05) is 18.8 Å². The Morgan fingerprint density at radius 2 is 1.64 bits per heavy atom. The second-order valence-corrected chi connectivity index (χ2v) is 9.12. The Hall–Kier alpha value is -2.78. The van der Waals surface area contributed by atoms with E-state index in [1.807, 2.05) is 11.5 Å². The summed E-state index contributed by atoms with van der Waals surface area (Å²) < 4.78 is 28.6. The molecule has 1 N–H and O–H groups in total. The molecule has 1 aromatic heterocycles. The van der Waals surface area contributed by atoms with Crippen LogP contribution in [0.15, 0.2) is 53.7 Å². The van der Waals surface area contributed by atoms with Crippen molar-refractivity contribution in [3.8, 4) is 5.69 Å². The molecule has 1 aliphatic heterocycles. The SMILES string of the molecule is CC(NC(=O)CSc1nnc(CN2CCCCC2)n1-c1ccc(F)cc1)c1ccc(F)cc1. The lowest BCUT2D eigenvalue weighted by Crippen LogP contribution is -2.30. The molecule has 1 atom stereocenters. The predicted molar refractivity (Wildman–Crippen MR) is 124 cm³/mol. The largest absolute Gasteiger partial charge is 0.349 e. The van der Waals surface area contributed by atoms with Gasteiger partial charge in [0.2, 0.25) is 5.91 Å². The maximum absolute atomic E-state index is 13.5. The topological polar surface area (TPSA) is 63.1 Å². The molecule has 0 radical (unpaired) electrons. The molecule has 1 aliphatic rings. The number of amides is 1. The highest BCUT2D eigenvalue weighted by Gasteiger charge is 2.20. The quantitative estimate of drug-likeness (QED) is 0.490. The molecule has 6 nitrogen and oxygen atoms in total. The van der Waals surface area contributed by atoms with Crippen molar-refractivity contribution in [1.29, 1.82) is 0 Å². The number of nitrogens with one attached hydrogen (secondary N) is 1. The van der Waals surface area contributed by atoms with Gasteiger partial charge in [-0.05, 0) is 74.8 Å². The zero-order valence-electron chi connectivity index (χ0n) is 18.5. The van der Waals surface area contributed by atoms with Gasteiger partial charge in [-0.2, -0.15) is 0 Å². The molecular weight excluding hydrogens is 444 g/mol. The van der Waals surface area contributed by atoms with Gasteiger partial charge in [0.1, 0.15) is 11.6 Å². The number of carbonyl (C=O) groups is 1. The van der Waals surface area contributed by atoms with Crippen LogP contribution < -0.4 is 5.32 Å². The molecule has 0 spiro atoms. The van der Waals surface area contributed by atoms with E-state index in [1.54, 1.807) is 24.3 Å². The molecule has 1 saturated heterocycles. The van der Waals surface area contributed by atoms with E-state index in [1.165, 1.54) is 55.3 Å². The number of hydrogen-bond acceptors (Lipinski definition) is 5. The number of piperidine rings is 1. The van der Waals surface area contributed by atoms with Gasteiger partial charge in [-0.3, -0.25) is 14.3 Å². The first kappa shape index (κ1) is 23.4. The van der Waals surface area contributed by atoms with Gasteiger partial charge in [-0.15, -0.1) is 10.2 Å². The number of thioether (sulfide) groups is 1. The van der Waals surface area contributed by atoms with Crippen LogP contribution in [-0.4, -0.2) is 44.4 Å². The number of aromatic nitrogens is 3. The summed E-state index contributed by atoms with van der Waals surface area (Å²) in [5.41, 5.74) is 1.59. The smallest absolute Gasteiger partial charge is 0.230 e. The van der Waals surface area contributed by atoms with Crippen LogP contribution in [0.25, 0.3) is 5.69 Å². The zero-order valence-corrected chi connectivity index (χ0v) is 19.3. The number of nitrogens with zero attached hydrogens (tertiary/aromatic N) is 4. The van der Waals surface area contributed by atoms with Gasteiger partial charge in [0.05, 0.1) is 18.3 Å². The lowest BCUT2D eigenvalue weighted by atomic mass is 10.1. The molecule has 2 heterocycles. The fraction of sp³-hybridized carbons (Fsp3) is 0.375. The third-order valence-corrected chi connectivity index (χ3v) is 6.61. The number of hydrogen-bond donors (Lipinski definition) is 1. The van der Waals surface area contributed by atoms with Gasteiger partial charge in [0.25, 0.3) is 0 Å². The molecule has 0 bridgehead atoms. The Kier molecular flexibility index (Phi) is 7.72. The fourth-order valence-corrected chi connectivity index (χ4v) is 4.69. The molecule has 1 fully saturated rings. The van der Waals surface area contributed by atoms with E-state index in [4.69, 9.17) is 0 Å². The van der Waals surface area contributed by atoms with Crippen molar-refractivity contribution in [2.45, 2.75) is 43.9 Å². The van der Waals surface area contributed by atoms with Crippen LogP contribution in [0.4, 0.5) is 8.78 Å². The van der Waals surface area contributed by atoms with Crippen LogP contribution in [-0.2, 0) is 11.3 Å². The standard InChI is InChI=1S/C24H27F2N5OS/c1-17(18-5-7-19(25)8-6-18)27-23(32)16-33-24-29-28-22(15-30-13-3-2-4-14-30)31(24)21-11-9-20(26)10-12-21/h5-12,17H,2-4,13-16H2,1H3,(H,27,32). The van der Waals surface area contributed by atoms with Crippen LogP contribution in [0, 0.1) is 11.6 Å². The van der Waals surface area contributed by atoms with Crippen LogP contribution in [0.5, 0.6) is 0 Å². The summed E-state index contributed by atoms with van der Waals surface area (Å²) in [6.45, 7) is 4.54. The molecule has 1 unspecified atom stereocenters. The summed E-state index contributed by atoms with van der Waals surface area (Å²) in [6, 6.07) is 12.0. The van der Waals surface area contributed by atoms with Gasteiger partial charge in [0, 0.05) is 5.69 Å². The first-order valence-corrected chi connectivity index (χ1v) is 12.1. The van der Waals surface area contributed by atoms with E-state index >= 15 is 0 Å². The monoisotopic (exact) mass is 471 g/mol. The second-order valence-electron chi connectivity index (χ2n) is 8.18. The summed E-state index contributed by atoms with van der Waals surface area (Å²) in [5.74, 6) is 0.129. The van der Waals surface area contributed by atoms with Gasteiger partial charge >= 0.3 is 0 Å². The lowest BCUT2D eigenvalue weighted by Gasteiger charge is -2.26. The molecule has 1 amide bonds. The van der Waals surface area contributed by atoms with Gasteiger partial charge < -0.3 is 5.32 Å². The number of halogens is 2. The van der Waals surface area contributed by atoms with Crippen molar-refractivity contribution in [2.24, 2.45) is 0 Å². The molecule has 4 rings (SSSR count). The van der Waals surface area contributed by atoms with Crippen LogP contribution in [0.1, 0.15) is 43.6 Å². The molecule has 174 valence electrons. The molecule has 2 aromatic carbocycles. The maximum Gasteiger partial charge on any atom is 0.230 e. The normalized spacial score (nSPS) is 15.4. The Balaban J connectivity index is 1.46. The van der Waals surface area contributed by atoms with Crippen molar-refractivity contribution >= 4 is 17.7 Å². The van der Waals surface area contributed by atoms with Crippen molar-refractivity contribution in [3.05, 3.63) is 71.6 Å². The average molecular weight is 472 g/mol. The van der Waals surface area contributed by atoms with Gasteiger partial charge in [-0.1, -0.05) is 30.3 Å². The minimum absolute atomic E-state index is 0.147.